The van der Waals surface area contributed by atoms with Crippen molar-refractivity contribution in [2.75, 3.05) is 5.75 Å². The molecular formula is C20H18N2O5S. The Morgan fingerprint density at radius 3 is 2.43 bits per heavy atom. The molecular weight excluding hydrogens is 380 g/mol. The van der Waals surface area contributed by atoms with E-state index in [9.17, 15) is 23.1 Å². The number of carbonyl (C=O) groups is 2. The number of nitrogens with one attached hydrogen (secondary N) is 1. The lowest BCUT2D eigenvalue weighted by Gasteiger charge is -2.15. The van der Waals surface area contributed by atoms with Crippen molar-refractivity contribution < 1.29 is 23.1 Å². The van der Waals surface area contributed by atoms with Crippen molar-refractivity contribution in [3.8, 4) is 0 Å². The fourth-order valence-electron chi connectivity index (χ4n) is 2.71. The van der Waals surface area contributed by atoms with E-state index in [0.717, 1.165) is 5.39 Å². The molecule has 1 atom stereocenters. The smallest absolute Gasteiger partial charge is 0.326 e. The molecule has 1 aromatic heterocycles. The molecule has 28 heavy (non-hydrogen) atoms. The van der Waals surface area contributed by atoms with Crippen molar-refractivity contribution >= 4 is 32.6 Å². The van der Waals surface area contributed by atoms with E-state index in [4.69, 9.17) is 0 Å². The van der Waals surface area contributed by atoms with Crippen molar-refractivity contribution in [3.63, 3.8) is 0 Å². The van der Waals surface area contributed by atoms with E-state index in [2.05, 4.69) is 10.3 Å². The number of fused-ring (bicyclic) bond motifs is 1. The summed E-state index contributed by atoms with van der Waals surface area (Å²) in [7, 11) is -3.65. The number of hydrogen-bond acceptors (Lipinski definition) is 5. The summed E-state index contributed by atoms with van der Waals surface area (Å²) in [5.41, 5.74) is 0.915. The van der Waals surface area contributed by atoms with Gasteiger partial charge in [0.25, 0.3) is 5.91 Å². The summed E-state index contributed by atoms with van der Waals surface area (Å²) in [6.45, 7) is 0. The van der Waals surface area contributed by atoms with Gasteiger partial charge in [0.15, 0.2) is 9.84 Å². The topological polar surface area (TPSA) is 113 Å². The average Bonchev–Trinajstić information content (AvgIpc) is 2.71. The summed E-state index contributed by atoms with van der Waals surface area (Å²) in [5, 5.41) is 12.5. The van der Waals surface area contributed by atoms with Gasteiger partial charge >= 0.3 is 5.97 Å². The number of carbonyl (C=O) groups excluding carboxylic acids is 1. The van der Waals surface area contributed by atoms with E-state index < -0.39 is 33.5 Å². The minimum Gasteiger partial charge on any atom is -0.480 e. The zero-order valence-corrected chi connectivity index (χ0v) is 15.6. The number of rotatable bonds is 7. The summed E-state index contributed by atoms with van der Waals surface area (Å²) in [6, 6.07) is 15.3. The molecule has 8 heteroatoms. The van der Waals surface area contributed by atoms with Gasteiger partial charge in [-0.3, -0.25) is 9.78 Å². The zero-order valence-electron chi connectivity index (χ0n) is 14.8. The number of aliphatic carboxylic acids is 1. The molecule has 2 aromatic carbocycles. The van der Waals surface area contributed by atoms with Gasteiger partial charge in [-0.2, -0.15) is 0 Å². The molecule has 144 valence electrons. The van der Waals surface area contributed by atoms with Gasteiger partial charge in [-0.05, 0) is 30.7 Å². The minimum atomic E-state index is -3.65. The van der Waals surface area contributed by atoms with Gasteiger partial charge in [0.1, 0.15) is 6.04 Å². The molecule has 3 aromatic rings. The molecule has 0 aliphatic carbocycles. The number of pyridine rings is 1. The number of carboxylic acids is 1. The van der Waals surface area contributed by atoms with Crippen LogP contribution in [0.5, 0.6) is 0 Å². The summed E-state index contributed by atoms with van der Waals surface area (Å²) < 4.78 is 24.7. The van der Waals surface area contributed by atoms with E-state index in [0.29, 0.717) is 5.52 Å². The van der Waals surface area contributed by atoms with Crippen molar-refractivity contribution in [2.45, 2.75) is 17.4 Å². The lowest BCUT2D eigenvalue weighted by atomic mass is 10.1. The summed E-state index contributed by atoms with van der Waals surface area (Å²) in [5.74, 6) is -2.32. The Hall–Kier alpha value is -3.26. The van der Waals surface area contributed by atoms with E-state index in [1.807, 2.05) is 6.07 Å². The fraction of sp³-hybridized carbons (Fsp3) is 0.150. The van der Waals surface area contributed by atoms with Gasteiger partial charge in [0.05, 0.1) is 21.7 Å². The largest absolute Gasteiger partial charge is 0.480 e. The molecule has 3 rings (SSSR count). The predicted octanol–water partition coefficient (Wildman–Crippen LogP) is 2.28. The van der Waals surface area contributed by atoms with Crippen LogP contribution in [0.2, 0.25) is 0 Å². The maximum absolute atomic E-state index is 12.4. The number of hydrogen-bond donors (Lipinski definition) is 2. The zero-order chi connectivity index (χ0) is 20.1. The number of nitrogens with zero attached hydrogens (tertiary/aromatic N) is 1. The Kier molecular flexibility index (Phi) is 5.70. The first kappa shape index (κ1) is 19.5. The summed E-state index contributed by atoms with van der Waals surface area (Å²) in [4.78, 5) is 28.2. The Morgan fingerprint density at radius 1 is 1.04 bits per heavy atom. The maximum Gasteiger partial charge on any atom is 0.326 e. The standard InChI is InChI=1S/C20H18N2O5S/c23-19(15-12-14-6-4-5-9-17(14)21-13-15)22-18(20(24)25)10-11-28(26,27)16-7-2-1-3-8-16/h1-9,12-13,18H,10-11H2,(H,22,23)(H,24,25)/t18-/m0/s1. The number of amides is 1. The first-order valence-electron chi connectivity index (χ1n) is 8.53. The van der Waals surface area contributed by atoms with Gasteiger partial charge < -0.3 is 10.4 Å². The van der Waals surface area contributed by atoms with Gasteiger partial charge in [0.2, 0.25) is 0 Å². The molecule has 0 unspecified atom stereocenters. The molecule has 0 saturated heterocycles. The molecule has 7 nitrogen and oxygen atoms in total. The van der Waals surface area contributed by atoms with Crippen LogP contribution in [-0.2, 0) is 14.6 Å². The minimum absolute atomic E-state index is 0.115. The third-order valence-electron chi connectivity index (χ3n) is 4.23. The Bertz CT molecular complexity index is 1110. The third kappa shape index (κ3) is 4.52. The van der Waals surface area contributed by atoms with Crippen molar-refractivity contribution in [2.24, 2.45) is 0 Å². The van der Waals surface area contributed by atoms with Crippen LogP contribution in [0.15, 0.2) is 71.8 Å². The normalized spacial score (nSPS) is 12.4. The van der Waals surface area contributed by atoms with E-state index in [-0.39, 0.29) is 16.9 Å². The highest BCUT2D eigenvalue weighted by Crippen LogP contribution is 2.14. The van der Waals surface area contributed by atoms with E-state index >= 15 is 0 Å². The Balaban J connectivity index is 1.71. The van der Waals surface area contributed by atoms with Gasteiger partial charge in [-0.15, -0.1) is 0 Å². The second-order valence-electron chi connectivity index (χ2n) is 6.20. The molecule has 1 heterocycles. The van der Waals surface area contributed by atoms with Crippen LogP contribution in [0.25, 0.3) is 10.9 Å². The van der Waals surface area contributed by atoms with Gasteiger partial charge in [-0.25, -0.2) is 13.2 Å². The van der Waals surface area contributed by atoms with Crippen LogP contribution >= 0.6 is 0 Å². The highest BCUT2D eigenvalue weighted by molar-refractivity contribution is 7.91. The first-order valence-corrected chi connectivity index (χ1v) is 10.2. The third-order valence-corrected chi connectivity index (χ3v) is 6.00. The predicted molar refractivity (Wildman–Crippen MR) is 104 cm³/mol. The van der Waals surface area contributed by atoms with Crippen molar-refractivity contribution in [3.05, 3.63) is 72.4 Å². The summed E-state index contributed by atoms with van der Waals surface area (Å²) in [6.07, 6.45) is 1.11. The van der Waals surface area contributed by atoms with Crippen molar-refractivity contribution in [1.82, 2.24) is 10.3 Å². The van der Waals surface area contributed by atoms with E-state index in [1.54, 1.807) is 42.5 Å². The molecule has 0 fully saturated rings. The van der Waals surface area contributed by atoms with Gasteiger partial charge in [0, 0.05) is 11.6 Å². The molecule has 1 amide bonds. The SMILES string of the molecule is O=C(N[C@@H](CCS(=O)(=O)c1ccccc1)C(=O)O)c1cnc2ccccc2c1. The fourth-order valence-corrected chi connectivity index (χ4v) is 4.07. The molecule has 0 aliphatic heterocycles. The summed E-state index contributed by atoms with van der Waals surface area (Å²) >= 11 is 0. The highest BCUT2D eigenvalue weighted by Gasteiger charge is 2.24. The number of carboxylic acid groups (broad SMARTS) is 1. The molecule has 0 aliphatic rings. The van der Waals surface area contributed by atoms with E-state index in [1.165, 1.54) is 18.3 Å². The molecule has 0 bridgehead atoms. The highest BCUT2D eigenvalue weighted by atomic mass is 32.2. The lowest BCUT2D eigenvalue weighted by Crippen LogP contribution is -2.42. The van der Waals surface area contributed by atoms with Crippen LogP contribution < -0.4 is 5.32 Å². The van der Waals surface area contributed by atoms with Crippen LogP contribution in [0.4, 0.5) is 0 Å². The Morgan fingerprint density at radius 2 is 1.71 bits per heavy atom. The maximum atomic E-state index is 12.4. The molecule has 0 radical (unpaired) electrons. The Labute approximate surface area is 162 Å². The number of aromatic nitrogens is 1. The number of para-hydroxylation sites is 1. The quantitative estimate of drug-likeness (QED) is 0.631. The second kappa shape index (κ2) is 8.18. The van der Waals surface area contributed by atoms with Crippen LogP contribution in [0.1, 0.15) is 16.8 Å². The first-order chi connectivity index (χ1) is 13.4. The average molecular weight is 398 g/mol. The van der Waals surface area contributed by atoms with Crippen molar-refractivity contribution in [1.29, 1.82) is 0 Å². The molecule has 0 saturated carbocycles. The van der Waals surface area contributed by atoms with Crippen LogP contribution in [0.3, 0.4) is 0 Å². The lowest BCUT2D eigenvalue weighted by molar-refractivity contribution is -0.139. The van der Waals surface area contributed by atoms with Crippen LogP contribution in [-0.4, -0.2) is 42.2 Å². The monoisotopic (exact) mass is 398 g/mol. The van der Waals surface area contributed by atoms with Crippen LogP contribution in [0, 0.1) is 0 Å². The molecule has 0 spiro atoms. The van der Waals surface area contributed by atoms with Gasteiger partial charge in [-0.1, -0.05) is 36.4 Å². The number of benzene rings is 2. The molecule has 2 N–H and O–H groups in total. The second-order valence-corrected chi connectivity index (χ2v) is 8.31. The number of sulfone groups is 1.